The third-order valence-corrected chi connectivity index (χ3v) is 7.07. The number of para-hydroxylation sites is 1. The lowest BCUT2D eigenvalue weighted by molar-refractivity contribution is -0.119. The molecule has 2 aromatic carbocycles. The average molecular weight is 521 g/mol. The SMILES string of the molecule is Cc1cccc(C)c1-n1c(C)cc(/C=N\NC(=O)CN(c2cc(Cl)ccc2Cl)S(C)(=O)=O)c1C. The molecule has 3 rings (SSSR count). The molecule has 1 N–H and O–H groups in total. The summed E-state index contributed by atoms with van der Waals surface area (Å²) in [6.07, 6.45) is 2.53. The van der Waals surface area contributed by atoms with Crippen LogP contribution in [0.25, 0.3) is 5.69 Å². The summed E-state index contributed by atoms with van der Waals surface area (Å²) in [5.74, 6) is -0.624. The van der Waals surface area contributed by atoms with Gasteiger partial charge in [0, 0.05) is 22.0 Å². The minimum Gasteiger partial charge on any atom is -0.317 e. The number of halogens is 2. The Kier molecular flexibility index (Phi) is 7.75. The van der Waals surface area contributed by atoms with Crippen molar-refractivity contribution in [3.05, 3.63) is 80.6 Å². The quantitative estimate of drug-likeness (QED) is 0.353. The zero-order valence-corrected chi connectivity index (χ0v) is 21.9. The van der Waals surface area contributed by atoms with Gasteiger partial charge in [0.05, 0.1) is 28.9 Å². The van der Waals surface area contributed by atoms with E-state index in [2.05, 4.69) is 41.1 Å². The van der Waals surface area contributed by atoms with Crippen molar-refractivity contribution in [2.45, 2.75) is 27.7 Å². The van der Waals surface area contributed by atoms with Crippen LogP contribution in [0.1, 0.15) is 28.1 Å². The number of carbonyl (C=O) groups is 1. The Bertz CT molecular complexity index is 1360. The number of aromatic nitrogens is 1. The van der Waals surface area contributed by atoms with Gasteiger partial charge < -0.3 is 4.57 Å². The molecule has 180 valence electrons. The molecule has 0 unspecified atom stereocenters. The molecule has 0 atom stereocenters. The number of aryl methyl sites for hydroxylation is 3. The fraction of sp³-hybridized carbons (Fsp3) is 0.250. The first-order valence-electron chi connectivity index (χ1n) is 10.4. The number of hydrazone groups is 1. The number of rotatable bonds is 7. The van der Waals surface area contributed by atoms with Crippen molar-refractivity contribution < 1.29 is 13.2 Å². The van der Waals surface area contributed by atoms with Crippen LogP contribution in [-0.4, -0.2) is 37.9 Å². The number of anilines is 1. The van der Waals surface area contributed by atoms with Crippen molar-refractivity contribution >= 4 is 51.0 Å². The lowest BCUT2D eigenvalue weighted by Crippen LogP contribution is -2.39. The van der Waals surface area contributed by atoms with Crippen LogP contribution < -0.4 is 9.73 Å². The maximum absolute atomic E-state index is 12.5. The van der Waals surface area contributed by atoms with Crippen molar-refractivity contribution in [3.8, 4) is 5.69 Å². The predicted octanol–water partition coefficient (Wildman–Crippen LogP) is 4.93. The van der Waals surface area contributed by atoms with Crippen molar-refractivity contribution in [2.24, 2.45) is 5.10 Å². The molecule has 0 aliphatic rings. The van der Waals surface area contributed by atoms with Crippen LogP contribution in [0, 0.1) is 27.7 Å². The summed E-state index contributed by atoms with van der Waals surface area (Å²) in [5, 5.41) is 4.50. The van der Waals surface area contributed by atoms with E-state index in [-0.39, 0.29) is 10.7 Å². The third-order valence-electron chi connectivity index (χ3n) is 5.39. The highest BCUT2D eigenvalue weighted by atomic mass is 35.5. The number of carbonyl (C=O) groups excluding carboxylic acids is 1. The van der Waals surface area contributed by atoms with Gasteiger partial charge in [-0.25, -0.2) is 13.8 Å². The molecular formula is C24H26Cl2N4O3S. The number of hydrogen-bond acceptors (Lipinski definition) is 4. The molecule has 0 radical (unpaired) electrons. The van der Waals surface area contributed by atoms with E-state index in [0.717, 1.165) is 44.3 Å². The van der Waals surface area contributed by atoms with E-state index < -0.39 is 22.5 Å². The number of sulfonamides is 1. The van der Waals surface area contributed by atoms with Gasteiger partial charge in [-0.05, 0) is 63.1 Å². The second-order valence-electron chi connectivity index (χ2n) is 8.06. The third kappa shape index (κ3) is 5.63. The Morgan fingerprint density at radius 3 is 2.35 bits per heavy atom. The minimum atomic E-state index is -3.80. The van der Waals surface area contributed by atoms with Crippen LogP contribution in [0.2, 0.25) is 10.0 Å². The van der Waals surface area contributed by atoms with Crippen LogP contribution in [0.5, 0.6) is 0 Å². The van der Waals surface area contributed by atoms with E-state index >= 15 is 0 Å². The highest BCUT2D eigenvalue weighted by Crippen LogP contribution is 2.30. The van der Waals surface area contributed by atoms with E-state index in [9.17, 15) is 13.2 Å². The molecule has 1 heterocycles. The number of hydrogen-bond donors (Lipinski definition) is 1. The van der Waals surface area contributed by atoms with Crippen LogP contribution in [0.3, 0.4) is 0 Å². The fourth-order valence-electron chi connectivity index (χ4n) is 3.82. The second-order valence-corrected chi connectivity index (χ2v) is 10.8. The van der Waals surface area contributed by atoms with E-state index in [0.29, 0.717) is 5.02 Å². The number of nitrogens with one attached hydrogen (secondary N) is 1. The first-order valence-corrected chi connectivity index (χ1v) is 13.0. The Hall–Kier alpha value is -2.81. The molecule has 0 spiro atoms. The molecule has 7 nitrogen and oxygen atoms in total. The van der Waals surface area contributed by atoms with Crippen molar-refractivity contribution in [3.63, 3.8) is 0 Å². The second kappa shape index (κ2) is 10.2. The van der Waals surface area contributed by atoms with Crippen molar-refractivity contribution in [1.29, 1.82) is 0 Å². The predicted molar refractivity (Wildman–Crippen MR) is 139 cm³/mol. The lowest BCUT2D eigenvalue weighted by atomic mass is 10.1. The van der Waals surface area contributed by atoms with Crippen LogP contribution in [-0.2, 0) is 14.8 Å². The summed E-state index contributed by atoms with van der Waals surface area (Å²) < 4.78 is 27.6. The normalized spacial score (nSPS) is 11.7. The summed E-state index contributed by atoms with van der Waals surface area (Å²) in [4.78, 5) is 12.5. The zero-order valence-electron chi connectivity index (χ0n) is 19.6. The molecule has 1 aromatic heterocycles. The van der Waals surface area contributed by atoms with Gasteiger partial charge in [-0.2, -0.15) is 5.10 Å². The largest absolute Gasteiger partial charge is 0.317 e. The summed E-state index contributed by atoms with van der Waals surface area (Å²) in [5.41, 5.74) is 8.76. The van der Waals surface area contributed by atoms with E-state index in [4.69, 9.17) is 23.2 Å². The zero-order chi connectivity index (χ0) is 25.2. The highest BCUT2D eigenvalue weighted by molar-refractivity contribution is 7.92. The van der Waals surface area contributed by atoms with Gasteiger partial charge in [0.15, 0.2) is 0 Å². The average Bonchev–Trinajstić information content (AvgIpc) is 3.01. The van der Waals surface area contributed by atoms with Crippen molar-refractivity contribution in [1.82, 2.24) is 9.99 Å². The number of amides is 1. The molecule has 0 bridgehead atoms. The van der Waals surface area contributed by atoms with Crippen molar-refractivity contribution in [2.75, 3.05) is 17.1 Å². The molecule has 0 aliphatic carbocycles. The first kappa shape index (κ1) is 25.8. The summed E-state index contributed by atoms with van der Waals surface area (Å²) in [6, 6.07) is 12.5. The fourth-order valence-corrected chi connectivity index (χ4v) is 5.11. The molecule has 0 fully saturated rings. The maximum Gasteiger partial charge on any atom is 0.260 e. The monoisotopic (exact) mass is 520 g/mol. The Balaban J connectivity index is 1.80. The smallest absolute Gasteiger partial charge is 0.260 e. The summed E-state index contributed by atoms with van der Waals surface area (Å²) >= 11 is 12.1. The van der Waals surface area contributed by atoms with Gasteiger partial charge in [0.25, 0.3) is 5.91 Å². The standard InChI is InChI=1S/C24H26Cl2N4O3S/c1-15-7-6-8-16(2)24(15)30-17(3)11-19(18(30)4)13-27-28-23(31)14-29(34(5,32)33)22-12-20(25)9-10-21(22)26/h6-13H,14H2,1-5H3,(H,28,31)/b27-13-. The first-order chi connectivity index (χ1) is 15.9. The Labute approximate surface area is 210 Å². The minimum absolute atomic E-state index is 0.118. The summed E-state index contributed by atoms with van der Waals surface area (Å²) in [7, 11) is -3.80. The number of benzene rings is 2. The molecule has 34 heavy (non-hydrogen) atoms. The Morgan fingerprint density at radius 1 is 1.09 bits per heavy atom. The van der Waals surface area contributed by atoms with E-state index in [1.807, 2.05) is 26.0 Å². The molecular weight excluding hydrogens is 495 g/mol. The van der Waals surface area contributed by atoms with Gasteiger partial charge in [-0.15, -0.1) is 0 Å². The highest BCUT2D eigenvalue weighted by Gasteiger charge is 2.23. The van der Waals surface area contributed by atoms with E-state index in [1.54, 1.807) is 6.21 Å². The van der Waals surface area contributed by atoms with Crippen LogP contribution >= 0.6 is 23.2 Å². The van der Waals surface area contributed by atoms with E-state index in [1.165, 1.54) is 18.2 Å². The van der Waals surface area contributed by atoms with Gasteiger partial charge in [0.2, 0.25) is 10.0 Å². The van der Waals surface area contributed by atoms with Gasteiger partial charge in [-0.3, -0.25) is 9.10 Å². The summed E-state index contributed by atoms with van der Waals surface area (Å²) in [6.45, 7) is 7.61. The molecule has 3 aromatic rings. The van der Waals surface area contributed by atoms with Crippen LogP contribution in [0.15, 0.2) is 47.6 Å². The van der Waals surface area contributed by atoms with Crippen LogP contribution in [0.4, 0.5) is 5.69 Å². The Morgan fingerprint density at radius 2 is 1.74 bits per heavy atom. The van der Waals surface area contributed by atoms with Gasteiger partial charge in [0.1, 0.15) is 6.54 Å². The number of nitrogens with zero attached hydrogens (tertiary/aromatic N) is 3. The topological polar surface area (TPSA) is 83.8 Å². The lowest BCUT2D eigenvalue weighted by Gasteiger charge is -2.22. The molecule has 0 saturated carbocycles. The van der Waals surface area contributed by atoms with Gasteiger partial charge in [-0.1, -0.05) is 41.4 Å². The molecule has 0 saturated heterocycles. The maximum atomic E-state index is 12.5. The van der Waals surface area contributed by atoms with Gasteiger partial charge >= 0.3 is 0 Å². The molecule has 0 aliphatic heterocycles. The molecule has 10 heteroatoms. The molecule has 1 amide bonds.